The van der Waals surface area contributed by atoms with Gasteiger partial charge in [-0.15, -0.1) is 0 Å². The Morgan fingerprint density at radius 3 is 1.80 bits per heavy atom. The highest BCUT2D eigenvalue weighted by Crippen LogP contribution is 2.41. The van der Waals surface area contributed by atoms with Crippen molar-refractivity contribution in [2.45, 2.75) is 69.1 Å². The Hall–Kier alpha value is -5.10. The first-order chi connectivity index (χ1) is 27.9. The number of benzene rings is 5. The van der Waals surface area contributed by atoms with E-state index in [4.69, 9.17) is 29.2 Å². The summed E-state index contributed by atoms with van der Waals surface area (Å²) in [6.45, 7) is 3.05. The first-order valence-corrected chi connectivity index (χ1v) is 19.1. The molecule has 0 aliphatic carbocycles. The zero-order valence-electron chi connectivity index (χ0n) is 33.9. The topological polar surface area (TPSA) is 102 Å². The molecule has 6 aromatic rings. The minimum Gasteiger partial charge on any atom is -0.463 e. The van der Waals surface area contributed by atoms with Crippen molar-refractivity contribution in [1.29, 1.82) is 0 Å². The number of carbonyl (C=O) groups is 1. The van der Waals surface area contributed by atoms with Gasteiger partial charge in [-0.1, -0.05) is 127 Å². The molecule has 9 nitrogen and oxygen atoms in total. The molecule has 10 heteroatoms. The number of aromatic nitrogens is 1. The summed E-state index contributed by atoms with van der Waals surface area (Å²) in [5, 5.41) is -0.0390. The Labute approximate surface area is 321 Å². The number of rotatable bonds is 14. The molecule has 0 unspecified atom stereocenters. The average molecular weight is 750 g/mol. The summed E-state index contributed by atoms with van der Waals surface area (Å²) in [6, 6.07) is 33.8. The molecule has 0 spiro atoms. The van der Waals surface area contributed by atoms with Crippen molar-refractivity contribution in [2.24, 2.45) is 0 Å². The van der Waals surface area contributed by atoms with E-state index >= 15 is 0 Å². The van der Waals surface area contributed by atoms with Gasteiger partial charge in [0.2, 0.25) is 0 Å². The predicted molar refractivity (Wildman–Crippen MR) is 205 cm³/mol. The molecular weight excluding hydrogens is 703 g/mol. The van der Waals surface area contributed by atoms with Crippen LogP contribution in [-0.4, -0.2) is 49.4 Å². The molecule has 1 aliphatic heterocycles. The highest BCUT2D eigenvalue weighted by Gasteiger charge is 2.51. The fourth-order valence-electron chi connectivity index (χ4n) is 6.55. The first kappa shape index (κ1) is 32.3. The maximum Gasteiger partial charge on any atom is 0.302 e. The lowest BCUT2D eigenvalue weighted by atomic mass is 9.92. The van der Waals surface area contributed by atoms with Crippen LogP contribution in [0.25, 0.3) is 10.9 Å². The summed E-state index contributed by atoms with van der Waals surface area (Å²) in [5.74, 6) is -0.578. The zero-order chi connectivity index (χ0) is 41.0. The number of carbonyl (C=O) groups excluding carboxylic acids is 1. The Balaban J connectivity index is 1.45. The molecule has 1 aromatic heterocycles. The van der Waals surface area contributed by atoms with Gasteiger partial charge in [0.15, 0.2) is 0 Å². The minimum atomic E-state index is -4.58. The van der Waals surface area contributed by atoms with Gasteiger partial charge < -0.3 is 23.7 Å². The van der Waals surface area contributed by atoms with Crippen molar-refractivity contribution in [1.82, 2.24) is 3.97 Å². The lowest BCUT2D eigenvalue weighted by molar-refractivity contribution is -0.274. The molecule has 1 saturated heterocycles. The van der Waals surface area contributed by atoms with E-state index in [1.807, 2.05) is 97.9 Å². The van der Waals surface area contributed by atoms with Gasteiger partial charge in [0.1, 0.15) is 37.1 Å². The third kappa shape index (κ3) is 8.49. The van der Waals surface area contributed by atoms with Gasteiger partial charge in [-0.3, -0.25) is 4.79 Å². The maximum atomic E-state index is 14.9. The SMILES string of the molecule is [2H]c1c([2H])c([2H])c2c(cc([C@H]3O[C@H](COC(C)=O)[C@@H](OCc4ccccc4)[C@H](OCc4ccccc4)[C@@H]3OCc3ccccc3)n2S(=O)(=O)c2ccc(C)cc2)c1[2H]. The third-order valence-corrected chi connectivity index (χ3v) is 11.0. The number of ether oxygens (including phenoxy) is 5. The fraction of sp³-hybridized carbons (Fsp3) is 0.250. The van der Waals surface area contributed by atoms with Crippen molar-refractivity contribution in [3.05, 3.63) is 173 Å². The molecule has 2 heterocycles. The maximum absolute atomic E-state index is 14.9. The Bertz CT molecular complexity index is 2470. The third-order valence-electron chi connectivity index (χ3n) is 9.22. The van der Waals surface area contributed by atoms with E-state index in [1.165, 1.54) is 25.1 Å². The molecule has 0 amide bonds. The van der Waals surface area contributed by atoms with E-state index in [0.717, 1.165) is 26.2 Å². The van der Waals surface area contributed by atoms with E-state index in [9.17, 15) is 13.2 Å². The summed E-state index contributed by atoms with van der Waals surface area (Å²) >= 11 is 0. The van der Waals surface area contributed by atoms with Crippen LogP contribution in [0.15, 0.2) is 150 Å². The Kier molecular flexibility index (Phi) is 10.1. The van der Waals surface area contributed by atoms with Crippen LogP contribution in [0.4, 0.5) is 0 Å². The fourth-order valence-corrected chi connectivity index (χ4v) is 8.06. The highest BCUT2D eigenvalue weighted by atomic mass is 32.2. The molecular formula is C44H43NO8S. The minimum absolute atomic E-state index is 0.0386. The predicted octanol–water partition coefficient (Wildman–Crippen LogP) is 7.95. The van der Waals surface area contributed by atoms with Gasteiger partial charge in [0.05, 0.1) is 41.4 Å². The zero-order valence-corrected chi connectivity index (χ0v) is 30.7. The number of hydrogen-bond donors (Lipinski definition) is 0. The van der Waals surface area contributed by atoms with Gasteiger partial charge in [-0.2, -0.15) is 0 Å². The van der Waals surface area contributed by atoms with Crippen LogP contribution >= 0.6 is 0 Å². The summed E-state index contributed by atoms with van der Waals surface area (Å²) in [5.41, 5.74) is 3.02. The second-order valence-corrected chi connectivity index (χ2v) is 14.9. The number of para-hydroxylation sites is 1. The molecule has 0 N–H and O–H groups in total. The van der Waals surface area contributed by atoms with Crippen LogP contribution in [0, 0.1) is 6.92 Å². The first-order valence-electron chi connectivity index (χ1n) is 19.6. The summed E-state index contributed by atoms with van der Waals surface area (Å²) in [7, 11) is -4.58. The summed E-state index contributed by atoms with van der Waals surface area (Å²) in [6.07, 6.45) is -5.43. The van der Waals surface area contributed by atoms with Gasteiger partial charge in [0, 0.05) is 12.3 Å². The Morgan fingerprint density at radius 2 is 1.24 bits per heavy atom. The summed E-state index contributed by atoms with van der Waals surface area (Å²) in [4.78, 5) is 12.2. The van der Waals surface area contributed by atoms with Gasteiger partial charge in [0.25, 0.3) is 10.0 Å². The molecule has 0 bridgehead atoms. The molecule has 278 valence electrons. The molecule has 54 heavy (non-hydrogen) atoms. The smallest absolute Gasteiger partial charge is 0.302 e. The quantitative estimate of drug-likeness (QED) is 0.104. The molecule has 1 aliphatic rings. The van der Waals surface area contributed by atoms with Crippen LogP contribution in [-0.2, 0) is 58.3 Å². The lowest BCUT2D eigenvalue weighted by Crippen LogP contribution is -2.58. The summed E-state index contributed by atoms with van der Waals surface area (Å²) < 4.78 is 98.3. The van der Waals surface area contributed by atoms with Crippen molar-refractivity contribution >= 4 is 26.9 Å². The van der Waals surface area contributed by atoms with Crippen LogP contribution < -0.4 is 0 Å². The second kappa shape index (κ2) is 16.9. The van der Waals surface area contributed by atoms with Crippen LogP contribution in [0.5, 0.6) is 0 Å². The van der Waals surface area contributed by atoms with Gasteiger partial charge in [-0.25, -0.2) is 12.4 Å². The van der Waals surface area contributed by atoms with Crippen molar-refractivity contribution < 1.29 is 42.4 Å². The van der Waals surface area contributed by atoms with Crippen molar-refractivity contribution in [2.75, 3.05) is 6.61 Å². The van der Waals surface area contributed by atoms with Gasteiger partial charge in [-0.05, 0) is 47.9 Å². The molecule has 5 atom stereocenters. The van der Waals surface area contributed by atoms with E-state index in [-0.39, 0.29) is 47.9 Å². The molecule has 5 aromatic carbocycles. The molecule has 7 rings (SSSR count). The highest BCUT2D eigenvalue weighted by molar-refractivity contribution is 7.90. The number of esters is 1. The average Bonchev–Trinajstić information content (AvgIpc) is 3.65. The standard InChI is InChI=1S/C44H43NO8S/c1-31-22-24-37(25-23-31)54(47,48)45-38-21-13-12-20-36(38)26-39(45)41-43(51-28-34-16-8-4-9-17-34)44(52-29-35-18-10-5-11-19-35)42(40(53-41)30-49-32(2)46)50-27-33-14-6-3-7-15-33/h3-26,40-44H,27-30H2,1-2H3/t40-,41-,42-,43-,44+/m1/s1/i12D,13D,20D,21D. The van der Waals surface area contributed by atoms with E-state index in [0.29, 0.717) is 0 Å². The monoisotopic (exact) mass is 749 g/mol. The number of nitrogens with zero attached hydrogens (tertiary/aromatic N) is 1. The number of aryl methyl sites for hydroxylation is 1. The second-order valence-electron chi connectivity index (χ2n) is 13.1. The van der Waals surface area contributed by atoms with Crippen LogP contribution in [0.3, 0.4) is 0 Å². The molecule has 0 saturated carbocycles. The Morgan fingerprint density at radius 1 is 0.722 bits per heavy atom. The lowest BCUT2D eigenvalue weighted by Gasteiger charge is -2.46. The van der Waals surface area contributed by atoms with Gasteiger partial charge >= 0.3 is 5.97 Å². The molecule has 1 fully saturated rings. The molecule has 0 radical (unpaired) electrons. The normalized spacial score (nSPS) is 21.2. The van der Waals surface area contributed by atoms with Crippen molar-refractivity contribution in [3.8, 4) is 0 Å². The largest absolute Gasteiger partial charge is 0.463 e. The van der Waals surface area contributed by atoms with Crippen LogP contribution in [0.1, 0.15) is 46.5 Å². The number of fused-ring (bicyclic) bond motifs is 1. The van der Waals surface area contributed by atoms with E-state index in [1.54, 1.807) is 12.1 Å². The number of hydrogen-bond acceptors (Lipinski definition) is 8. The van der Waals surface area contributed by atoms with E-state index in [2.05, 4.69) is 0 Å². The van der Waals surface area contributed by atoms with E-state index < -0.39 is 70.7 Å². The van der Waals surface area contributed by atoms with Crippen LogP contribution in [0.2, 0.25) is 0 Å². The van der Waals surface area contributed by atoms with Crippen molar-refractivity contribution in [3.63, 3.8) is 0 Å².